The minimum atomic E-state index is -4.08. The van der Waals surface area contributed by atoms with Gasteiger partial charge in [-0.2, -0.15) is 0 Å². The third kappa shape index (κ3) is 4.05. The first-order valence-electron chi connectivity index (χ1n) is 7.50. The Morgan fingerprint density at radius 1 is 0.760 bits per heavy atom. The van der Waals surface area contributed by atoms with Crippen LogP contribution in [0.4, 0.5) is 4.79 Å². The van der Waals surface area contributed by atoms with Crippen molar-refractivity contribution < 1.29 is 17.9 Å². The van der Waals surface area contributed by atoms with E-state index in [-0.39, 0.29) is 10.6 Å². The highest BCUT2D eigenvalue weighted by Crippen LogP contribution is 2.26. The van der Waals surface area contributed by atoms with Gasteiger partial charge in [0, 0.05) is 5.56 Å². The van der Waals surface area contributed by atoms with Crippen LogP contribution < -0.4 is 9.46 Å². The summed E-state index contributed by atoms with van der Waals surface area (Å²) < 4.78 is 32.2. The van der Waals surface area contributed by atoms with Crippen molar-refractivity contribution in [3.63, 3.8) is 0 Å². The number of benzene rings is 3. The molecule has 0 atom stereocenters. The molecule has 0 unspecified atom stereocenters. The lowest BCUT2D eigenvalue weighted by atomic mass is 10.1. The standard InChI is InChI=1S/C19H15NO4S/c21-19(24-16-11-5-2-6-12-16)20-25(22,23)18-14-8-7-13-17(18)15-9-3-1-4-10-15/h1-14H,(H,20,21). The molecule has 0 aromatic heterocycles. The summed E-state index contributed by atoms with van der Waals surface area (Å²) >= 11 is 0. The van der Waals surface area contributed by atoms with E-state index in [1.165, 1.54) is 6.07 Å². The Kier molecular flexibility index (Phi) is 4.81. The minimum absolute atomic E-state index is 0.00575. The Morgan fingerprint density at radius 3 is 2.00 bits per heavy atom. The van der Waals surface area contributed by atoms with E-state index in [2.05, 4.69) is 0 Å². The minimum Gasteiger partial charge on any atom is -0.410 e. The van der Waals surface area contributed by atoms with Crippen LogP contribution in [0.3, 0.4) is 0 Å². The number of hydrogen-bond acceptors (Lipinski definition) is 4. The topological polar surface area (TPSA) is 72.5 Å². The van der Waals surface area contributed by atoms with E-state index in [0.29, 0.717) is 5.56 Å². The van der Waals surface area contributed by atoms with Crippen molar-refractivity contribution in [2.45, 2.75) is 4.90 Å². The van der Waals surface area contributed by atoms with Crippen LogP contribution in [-0.2, 0) is 10.0 Å². The van der Waals surface area contributed by atoms with Crippen LogP contribution >= 0.6 is 0 Å². The largest absolute Gasteiger partial charge is 0.426 e. The first kappa shape index (κ1) is 16.7. The molecule has 25 heavy (non-hydrogen) atoms. The zero-order valence-corrected chi connectivity index (χ0v) is 13.9. The normalized spacial score (nSPS) is 10.9. The molecule has 0 fully saturated rings. The summed E-state index contributed by atoms with van der Waals surface area (Å²) in [4.78, 5) is 11.9. The van der Waals surface area contributed by atoms with Crippen LogP contribution in [0.25, 0.3) is 11.1 Å². The van der Waals surface area contributed by atoms with Crippen LogP contribution in [0.2, 0.25) is 0 Å². The Morgan fingerprint density at radius 2 is 1.32 bits per heavy atom. The zero-order chi connectivity index (χ0) is 17.7. The predicted molar refractivity (Wildman–Crippen MR) is 94.7 cm³/mol. The molecule has 3 rings (SSSR count). The van der Waals surface area contributed by atoms with E-state index in [0.717, 1.165) is 5.56 Å². The molecule has 6 heteroatoms. The second kappa shape index (κ2) is 7.19. The molecule has 0 aliphatic rings. The van der Waals surface area contributed by atoms with E-state index in [1.807, 2.05) is 22.9 Å². The molecule has 0 spiro atoms. The number of sulfonamides is 1. The number of amides is 1. The summed E-state index contributed by atoms with van der Waals surface area (Å²) in [6.45, 7) is 0. The average molecular weight is 353 g/mol. The lowest BCUT2D eigenvalue weighted by molar-refractivity contribution is 0.207. The average Bonchev–Trinajstić information content (AvgIpc) is 2.63. The number of carbonyl (C=O) groups is 1. The van der Waals surface area contributed by atoms with Gasteiger partial charge in [-0.25, -0.2) is 17.9 Å². The van der Waals surface area contributed by atoms with Crippen molar-refractivity contribution in [2.24, 2.45) is 0 Å². The third-order valence-electron chi connectivity index (χ3n) is 3.43. The first-order chi connectivity index (χ1) is 12.1. The summed E-state index contributed by atoms with van der Waals surface area (Å²) in [6, 6.07) is 23.8. The van der Waals surface area contributed by atoms with E-state index in [1.54, 1.807) is 60.7 Å². The SMILES string of the molecule is O=C(NS(=O)(=O)c1ccccc1-c1ccccc1)Oc1ccccc1. The molecule has 5 nitrogen and oxygen atoms in total. The molecule has 3 aromatic carbocycles. The van der Waals surface area contributed by atoms with Gasteiger partial charge < -0.3 is 4.74 Å². The molecule has 1 amide bonds. The monoisotopic (exact) mass is 353 g/mol. The summed E-state index contributed by atoms with van der Waals surface area (Å²) in [5, 5.41) is 0. The number of hydrogen-bond donors (Lipinski definition) is 1. The molecule has 126 valence electrons. The summed E-state index contributed by atoms with van der Waals surface area (Å²) in [7, 11) is -4.08. The van der Waals surface area contributed by atoms with Crippen LogP contribution in [0.5, 0.6) is 5.75 Å². The second-order valence-corrected chi connectivity index (χ2v) is 6.82. The molecule has 3 aromatic rings. The summed E-state index contributed by atoms with van der Waals surface area (Å²) in [5.41, 5.74) is 1.24. The molecular weight excluding hydrogens is 338 g/mol. The summed E-state index contributed by atoms with van der Waals surface area (Å²) in [5.74, 6) is 0.256. The van der Waals surface area contributed by atoms with Gasteiger partial charge in [0.1, 0.15) is 5.75 Å². The Labute approximate surface area is 145 Å². The third-order valence-corrected chi connectivity index (χ3v) is 4.80. The van der Waals surface area contributed by atoms with Gasteiger partial charge in [0.2, 0.25) is 0 Å². The highest BCUT2D eigenvalue weighted by molar-refractivity contribution is 7.90. The van der Waals surface area contributed by atoms with Crippen molar-refractivity contribution in [1.82, 2.24) is 4.72 Å². The number of ether oxygens (including phenoxy) is 1. The molecule has 0 aliphatic carbocycles. The molecule has 0 aliphatic heterocycles. The quantitative estimate of drug-likeness (QED) is 0.774. The van der Waals surface area contributed by atoms with Gasteiger partial charge in [0.05, 0.1) is 4.90 Å². The van der Waals surface area contributed by atoms with Gasteiger partial charge in [-0.15, -0.1) is 0 Å². The smallest absolute Gasteiger partial charge is 0.410 e. The molecule has 1 N–H and O–H groups in total. The van der Waals surface area contributed by atoms with Crippen molar-refractivity contribution >= 4 is 16.1 Å². The molecule has 0 bridgehead atoms. The Balaban J connectivity index is 1.87. The van der Waals surface area contributed by atoms with Gasteiger partial charge in [0.15, 0.2) is 0 Å². The lowest BCUT2D eigenvalue weighted by Gasteiger charge is -2.12. The van der Waals surface area contributed by atoms with Crippen molar-refractivity contribution in [3.05, 3.63) is 84.9 Å². The fraction of sp³-hybridized carbons (Fsp3) is 0. The van der Waals surface area contributed by atoms with Crippen molar-refractivity contribution in [3.8, 4) is 16.9 Å². The van der Waals surface area contributed by atoms with Crippen LogP contribution in [0.15, 0.2) is 89.8 Å². The van der Waals surface area contributed by atoms with Crippen molar-refractivity contribution in [2.75, 3.05) is 0 Å². The first-order valence-corrected chi connectivity index (χ1v) is 8.99. The van der Waals surface area contributed by atoms with E-state index >= 15 is 0 Å². The molecule has 0 heterocycles. The molecule has 0 saturated carbocycles. The number of nitrogens with one attached hydrogen (secondary N) is 1. The Bertz CT molecular complexity index is 971. The van der Waals surface area contributed by atoms with Gasteiger partial charge in [0.25, 0.3) is 10.0 Å². The lowest BCUT2D eigenvalue weighted by Crippen LogP contribution is -2.33. The molecular formula is C19H15NO4S. The highest BCUT2D eigenvalue weighted by atomic mass is 32.2. The van der Waals surface area contributed by atoms with Crippen LogP contribution in [-0.4, -0.2) is 14.5 Å². The second-order valence-electron chi connectivity index (χ2n) is 5.17. The van der Waals surface area contributed by atoms with E-state index in [9.17, 15) is 13.2 Å². The fourth-order valence-electron chi connectivity index (χ4n) is 2.34. The maximum atomic E-state index is 12.6. The highest BCUT2D eigenvalue weighted by Gasteiger charge is 2.22. The molecule has 0 saturated heterocycles. The zero-order valence-electron chi connectivity index (χ0n) is 13.1. The van der Waals surface area contributed by atoms with Crippen LogP contribution in [0, 0.1) is 0 Å². The molecule has 0 radical (unpaired) electrons. The number of carbonyl (C=O) groups excluding carboxylic acids is 1. The maximum absolute atomic E-state index is 12.6. The van der Waals surface area contributed by atoms with E-state index < -0.39 is 16.1 Å². The number of rotatable bonds is 4. The van der Waals surface area contributed by atoms with Crippen molar-refractivity contribution in [1.29, 1.82) is 0 Å². The fourth-order valence-corrected chi connectivity index (χ4v) is 3.44. The summed E-state index contributed by atoms with van der Waals surface area (Å²) in [6.07, 6.45) is -1.06. The van der Waals surface area contributed by atoms with Gasteiger partial charge in [-0.05, 0) is 23.8 Å². The van der Waals surface area contributed by atoms with Gasteiger partial charge in [-0.1, -0.05) is 66.7 Å². The maximum Gasteiger partial charge on any atom is 0.426 e. The van der Waals surface area contributed by atoms with Gasteiger partial charge >= 0.3 is 6.09 Å². The predicted octanol–water partition coefficient (Wildman–Crippen LogP) is 3.83. The van der Waals surface area contributed by atoms with Crippen LogP contribution in [0.1, 0.15) is 0 Å². The van der Waals surface area contributed by atoms with E-state index in [4.69, 9.17) is 4.74 Å². The van der Waals surface area contributed by atoms with Gasteiger partial charge in [-0.3, -0.25) is 0 Å². The Hall–Kier alpha value is -3.12. The number of para-hydroxylation sites is 1.